The monoisotopic (exact) mass is 344 g/mol. The summed E-state index contributed by atoms with van der Waals surface area (Å²) in [6.07, 6.45) is 3.16. The Morgan fingerprint density at radius 1 is 0.727 bits per heavy atom. The van der Waals surface area contributed by atoms with Gasteiger partial charge in [-0.15, -0.1) is 0 Å². The topological polar surface area (TPSA) is 27.7 Å². The van der Waals surface area contributed by atoms with Crippen molar-refractivity contribution >= 4 is 8.80 Å². The number of rotatable bonds is 15. The van der Waals surface area contributed by atoms with Crippen LogP contribution in [0.5, 0.6) is 0 Å². The maximum Gasteiger partial charge on any atom is 0.503 e. The summed E-state index contributed by atoms with van der Waals surface area (Å²) in [6.45, 7) is -0.253. The first-order chi connectivity index (χ1) is 10.5. The predicted molar refractivity (Wildman–Crippen MR) is 84.3 cm³/mol. The van der Waals surface area contributed by atoms with Crippen LogP contribution in [0, 0.1) is 0 Å². The van der Waals surface area contributed by atoms with Crippen LogP contribution in [0.15, 0.2) is 0 Å². The molecule has 0 saturated heterocycles. The van der Waals surface area contributed by atoms with Gasteiger partial charge in [-0.25, -0.2) is 8.78 Å². The van der Waals surface area contributed by atoms with Crippen molar-refractivity contribution < 1.29 is 26.4 Å². The van der Waals surface area contributed by atoms with Crippen LogP contribution in [-0.4, -0.2) is 49.2 Å². The van der Waals surface area contributed by atoms with Crippen LogP contribution in [0.4, 0.5) is 13.2 Å². The zero-order valence-electron chi connectivity index (χ0n) is 14.1. The zero-order chi connectivity index (χ0) is 16.8. The van der Waals surface area contributed by atoms with Gasteiger partial charge >= 0.3 is 8.80 Å². The maximum absolute atomic E-state index is 14.0. The minimum atomic E-state index is -3.06. The van der Waals surface area contributed by atoms with Crippen molar-refractivity contribution in [2.24, 2.45) is 0 Å². The van der Waals surface area contributed by atoms with E-state index in [-0.39, 0.29) is 19.1 Å². The summed E-state index contributed by atoms with van der Waals surface area (Å²) in [6, 6.07) is -0.166. The van der Waals surface area contributed by atoms with Gasteiger partial charge in [-0.05, 0) is 12.8 Å². The van der Waals surface area contributed by atoms with Crippen LogP contribution >= 0.6 is 0 Å². The third kappa shape index (κ3) is 9.12. The van der Waals surface area contributed by atoms with Gasteiger partial charge in [0.25, 0.3) is 0 Å². The van der Waals surface area contributed by atoms with Gasteiger partial charge in [-0.2, -0.15) is 0 Å². The fourth-order valence-corrected chi connectivity index (χ4v) is 4.10. The minimum Gasteiger partial charge on any atom is -0.377 e. The van der Waals surface area contributed by atoms with E-state index >= 15 is 0 Å². The standard InChI is InChI=1S/C15H31F3O3Si/c1-19-22(20-2,21-3)13-15(18)14(17)11-9-7-5-4-6-8-10-12-16/h14-15H,4-13H2,1-3H3. The van der Waals surface area contributed by atoms with Crippen LogP contribution < -0.4 is 0 Å². The average molecular weight is 344 g/mol. The van der Waals surface area contributed by atoms with Crippen LogP contribution in [-0.2, 0) is 13.3 Å². The van der Waals surface area contributed by atoms with E-state index in [0.29, 0.717) is 12.8 Å². The molecule has 0 aromatic rings. The first kappa shape index (κ1) is 21.9. The average Bonchev–Trinajstić information content (AvgIpc) is 2.54. The molecule has 0 N–H and O–H groups in total. The van der Waals surface area contributed by atoms with E-state index < -0.39 is 21.1 Å². The number of alkyl halides is 3. The highest BCUT2D eigenvalue weighted by molar-refractivity contribution is 6.60. The lowest BCUT2D eigenvalue weighted by Crippen LogP contribution is -2.46. The van der Waals surface area contributed by atoms with E-state index in [1.807, 2.05) is 0 Å². The maximum atomic E-state index is 14.0. The van der Waals surface area contributed by atoms with Gasteiger partial charge in [0.05, 0.1) is 12.7 Å². The van der Waals surface area contributed by atoms with Gasteiger partial charge in [0.15, 0.2) is 0 Å². The molecule has 0 heterocycles. The molecule has 2 unspecified atom stereocenters. The highest BCUT2D eigenvalue weighted by Crippen LogP contribution is 2.24. The molecule has 134 valence electrons. The highest BCUT2D eigenvalue weighted by Gasteiger charge is 2.43. The lowest BCUT2D eigenvalue weighted by Gasteiger charge is -2.26. The molecule has 0 rings (SSSR count). The molecule has 0 aliphatic carbocycles. The zero-order valence-corrected chi connectivity index (χ0v) is 15.1. The van der Waals surface area contributed by atoms with Crippen molar-refractivity contribution in [3.63, 3.8) is 0 Å². The summed E-state index contributed by atoms with van der Waals surface area (Å²) in [7, 11) is 1.11. The second kappa shape index (κ2) is 13.3. The van der Waals surface area contributed by atoms with E-state index in [9.17, 15) is 13.2 Å². The van der Waals surface area contributed by atoms with Gasteiger partial charge in [0.2, 0.25) is 0 Å². The quantitative estimate of drug-likeness (QED) is 0.320. The molecular formula is C15H31F3O3Si. The Bertz CT molecular complexity index is 248. The molecule has 0 bridgehead atoms. The summed E-state index contributed by atoms with van der Waals surface area (Å²) in [4.78, 5) is 0. The molecule has 0 radical (unpaired) electrons. The van der Waals surface area contributed by atoms with Gasteiger partial charge < -0.3 is 13.3 Å². The molecule has 0 aromatic heterocycles. The van der Waals surface area contributed by atoms with Crippen molar-refractivity contribution in [3.8, 4) is 0 Å². The summed E-state index contributed by atoms with van der Waals surface area (Å²) < 4.78 is 55.0. The summed E-state index contributed by atoms with van der Waals surface area (Å²) in [5, 5.41) is 0. The van der Waals surface area contributed by atoms with Crippen molar-refractivity contribution in [1.82, 2.24) is 0 Å². The normalized spacial score (nSPS) is 15.0. The van der Waals surface area contributed by atoms with Gasteiger partial charge in [-0.3, -0.25) is 4.39 Å². The third-order valence-corrected chi connectivity index (χ3v) is 6.64. The molecule has 0 aliphatic heterocycles. The fraction of sp³-hybridized carbons (Fsp3) is 1.00. The molecule has 0 spiro atoms. The molecule has 0 saturated carbocycles. The Hall–Kier alpha value is -0.113. The van der Waals surface area contributed by atoms with Gasteiger partial charge in [0.1, 0.15) is 12.3 Å². The SMILES string of the molecule is CO[Si](CC(F)C(F)CCCCCCCCCF)(OC)OC. The van der Waals surface area contributed by atoms with Crippen molar-refractivity contribution in [2.45, 2.75) is 69.8 Å². The van der Waals surface area contributed by atoms with Gasteiger partial charge in [-0.1, -0.05) is 38.5 Å². The number of hydrogen-bond donors (Lipinski definition) is 0. The van der Waals surface area contributed by atoms with Gasteiger partial charge in [0, 0.05) is 21.3 Å². The highest BCUT2D eigenvalue weighted by atomic mass is 28.4. The Morgan fingerprint density at radius 2 is 1.18 bits per heavy atom. The van der Waals surface area contributed by atoms with E-state index in [2.05, 4.69) is 0 Å². The smallest absolute Gasteiger partial charge is 0.377 e. The Labute approximate surface area is 133 Å². The molecular weight excluding hydrogens is 313 g/mol. The lowest BCUT2D eigenvalue weighted by molar-refractivity contribution is 0.0950. The molecule has 22 heavy (non-hydrogen) atoms. The molecule has 7 heteroatoms. The number of hydrogen-bond acceptors (Lipinski definition) is 3. The van der Waals surface area contributed by atoms with Crippen LogP contribution in [0.25, 0.3) is 0 Å². The Morgan fingerprint density at radius 3 is 1.64 bits per heavy atom. The fourth-order valence-electron chi connectivity index (χ4n) is 2.37. The van der Waals surface area contributed by atoms with E-state index in [4.69, 9.17) is 13.3 Å². The molecule has 0 amide bonds. The summed E-state index contributed by atoms with van der Waals surface area (Å²) in [5.74, 6) is 0. The second-order valence-electron chi connectivity index (χ2n) is 5.48. The largest absolute Gasteiger partial charge is 0.503 e. The van der Waals surface area contributed by atoms with Crippen molar-refractivity contribution in [1.29, 1.82) is 0 Å². The molecule has 3 nitrogen and oxygen atoms in total. The van der Waals surface area contributed by atoms with Crippen LogP contribution in [0.2, 0.25) is 6.04 Å². The molecule has 0 aliphatic rings. The van der Waals surface area contributed by atoms with E-state index in [1.54, 1.807) is 0 Å². The molecule has 2 atom stereocenters. The van der Waals surface area contributed by atoms with Crippen LogP contribution in [0.3, 0.4) is 0 Å². The second-order valence-corrected chi connectivity index (χ2v) is 8.48. The van der Waals surface area contributed by atoms with Crippen LogP contribution in [0.1, 0.15) is 51.4 Å². The van der Waals surface area contributed by atoms with E-state index in [0.717, 1.165) is 32.1 Å². The predicted octanol–water partition coefficient (Wildman–Crippen LogP) is 4.63. The molecule has 0 fully saturated rings. The third-order valence-electron chi connectivity index (χ3n) is 3.88. The molecule has 0 aromatic carbocycles. The summed E-state index contributed by atoms with van der Waals surface area (Å²) in [5.41, 5.74) is 0. The summed E-state index contributed by atoms with van der Waals surface area (Å²) >= 11 is 0. The Balaban J connectivity index is 3.80. The van der Waals surface area contributed by atoms with Crippen molar-refractivity contribution in [2.75, 3.05) is 28.0 Å². The number of unbranched alkanes of at least 4 members (excludes halogenated alkanes) is 6. The minimum absolute atomic E-state index is 0.166. The van der Waals surface area contributed by atoms with E-state index in [1.165, 1.54) is 21.3 Å². The lowest BCUT2D eigenvalue weighted by atomic mass is 10.1. The van der Waals surface area contributed by atoms with Crippen molar-refractivity contribution in [3.05, 3.63) is 0 Å². The Kier molecular flexibility index (Phi) is 13.3. The first-order valence-corrected chi connectivity index (χ1v) is 9.98. The number of halogens is 3. The first-order valence-electron chi connectivity index (χ1n) is 8.04.